The molecule has 1 atom stereocenters. The number of pyridine rings is 1. The summed E-state index contributed by atoms with van der Waals surface area (Å²) in [6.45, 7) is 4.17. The van der Waals surface area contributed by atoms with Gasteiger partial charge in [0.25, 0.3) is 0 Å². The maximum Gasteiger partial charge on any atom is 0.326 e. The Morgan fingerprint density at radius 2 is 2.29 bits per heavy atom. The Morgan fingerprint density at radius 3 is 2.86 bits per heavy atom. The number of rotatable bonds is 3. The first kappa shape index (κ1) is 15.7. The maximum absolute atomic E-state index is 11.7. The van der Waals surface area contributed by atoms with Crippen molar-refractivity contribution in [2.24, 2.45) is 5.41 Å². The maximum atomic E-state index is 11.7. The van der Waals surface area contributed by atoms with Crippen molar-refractivity contribution in [2.75, 3.05) is 11.4 Å². The zero-order valence-electron chi connectivity index (χ0n) is 11.7. The van der Waals surface area contributed by atoms with Crippen LogP contribution in [-0.2, 0) is 4.79 Å². The van der Waals surface area contributed by atoms with Crippen molar-refractivity contribution in [2.45, 2.75) is 32.7 Å². The number of nitrogens with zero attached hydrogens (tertiary/aromatic N) is 3. The summed E-state index contributed by atoms with van der Waals surface area (Å²) in [5, 5.41) is 20.8. The van der Waals surface area contributed by atoms with Crippen molar-refractivity contribution < 1.29 is 14.8 Å². The number of halogens is 1. The fourth-order valence-corrected chi connectivity index (χ4v) is 3.18. The van der Waals surface area contributed by atoms with Gasteiger partial charge in [0, 0.05) is 23.3 Å². The van der Waals surface area contributed by atoms with Crippen LogP contribution in [0.25, 0.3) is 0 Å². The Bertz CT molecular complexity index is 591. The fraction of sp³-hybridized carbons (Fsp3) is 0.538. The number of hydrogen-bond donors (Lipinski definition) is 1. The molecule has 1 unspecified atom stereocenters. The second-order valence-electron chi connectivity index (χ2n) is 5.78. The van der Waals surface area contributed by atoms with Gasteiger partial charge in [-0.25, -0.2) is 9.78 Å². The highest BCUT2D eigenvalue weighted by Gasteiger charge is 2.44. The number of anilines is 1. The van der Waals surface area contributed by atoms with Gasteiger partial charge in [-0.15, -0.1) is 0 Å². The van der Waals surface area contributed by atoms with Gasteiger partial charge in [-0.1, -0.05) is 13.8 Å². The van der Waals surface area contributed by atoms with Crippen LogP contribution >= 0.6 is 15.9 Å². The van der Waals surface area contributed by atoms with Crippen LogP contribution in [0.3, 0.4) is 0 Å². The fourth-order valence-electron chi connectivity index (χ4n) is 2.87. The first-order valence-corrected chi connectivity index (χ1v) is 7.33. The number of piperidine rings is 1. The Balaban J connectivity index is 2.53. The van der Waals surface area contributed by atoms with E-state index in [1.807, 2.05) is 13.8 Å². The van der Waals surface area contributed by atoms with Crippen molar-refractivity contribution >= 4 is 33.4 Å². The Hall–Kier alpha value is -1.70. The molecule has 8 heteroatoms. The summed E-state index contributed by atoms with van der Waals surface area (Å²) in [6.07, 6.45) is 2.97. The van der Waals surface area contributed by atoms with Gasteiger partial charge in [-0.3, -0.25) is 10.1 Å². The summed E-state index contributed by atoms with van der Waals surface area (Å²) >= 11 is 3.15. The topological polar surface area (TPSA) is 96.6 Å². The summed E-state index contributed by atoms with van der Waals surface area (Å²) in [7, 11) is 0. The van der Waals surface area contributed by atoms with E-state index in [9.17, 15) is 20.0 Å². The molecule has 114 valence electrons. The van der Waals surface area contributed by atoms with E-state index in [1.54, 1.807) is 0 Å². The molecule has 1 aliphatic rings. The summed E-state index contributed by atoms with van der Waals surface area (Å²) in [4.78, 5) is 28.0. The number of aliphatic carboxylic acids is 1. The minimum Gasteiger partial charge on any atom is -0.480 e. The minimum atomic E-state index is -0.987. The van der Waals surface area contributed by atoms with Crippen LogP contribution in [0.15, 0.2) is 16.7 Å². The lowest BCUT2D eigenvalue weighted by atomic mass is 9.76. The number of aromatic nitrogens is 1. The first-order chi connectivity index (χ1) is 9.74. The number of carboxylic acid groups (broad SMARTS) is 1. The lowest BCUT2D eigenvalue weighted by Gasteiger charge is -2.44. The van der Waals surface area contributed by atoms with E-state index in [2.05, 4.69) is 20.9 Å². The van der Waals surface area contributed by atoms with Gasteiger partial charge in [0.2, 0.25) is 5.82 Å². The highest BCUT2D eigenvalue weighted by molar-refractivity contribution is 9.10. The van der Waals surface area contributed by atoms with E-state index in [1.165, 1.54) is 17.2 Å². The Morgan fingerprint density at radius 1 is 1.62 bits per heavy atom. The van der Waals surface area contributed by atoms with Crippen molar-refractivity contribution in [1.29, 1.82) is 0 Å². The summed E-state index contributed by atoms with van der Waals surface area (Å²) in [5.74, 6) is -0.873. The predicted octanol–water partition coefficient (Wildman–Crippen LogP) is 2.83. The zero-order valence-corrected chi connectivity index (χ0v) is 13.3. The van der Waals surface area contributed by atoms with Crippen LogP contribution in [0.2, 0.25) is 0 Å². The molecule has 0 amide bonds. The molecule has 7 nitrogen and oxygen atoms in total. The first-order valence-electron chi connectivity index (χ1n) is 6.53. The molecule has 1 aromatic rings. The van der Waals surface area contributed by atoms with E-state index in [0.29, 0.717) is 11.0 Å². The summed E-state index contributed by atoms with van der Waals surface area (Å²) in [6, 6.07) is 0.515. The van der Waals surface area contributed by atoms with Crippen molar-refractivity contribution in [1.82, 2.24) is 4.98 Å². The molecule has 0 bridgehead atoms. The Labute approximate surface area is 130 Å². The second-order valence-corrected chi connectivity index (χ2v) is 6.70. The molecule has 2 rings (SSSR count). The van der Waals surface area contributed by atoms with E-state index in [0.717, 1.165) is 12.8 Å². The van der Waals surface area contributed by atoms with E-state index < -0.39 is 22.3 Å². The molecule has 2 heterocycles. The van der Waals surface area contributed by atoms with Crippen LogP contribution < -0.4 is 4.90 Å². The molecule has 1 N–H and O–H groups in total. The average Bonchev–Trinajstić information content (AvgIpc) is 2.36. The van der Waals surface area contributed by atoms with Gasteiger partial charge in [-0.2, -0.15) is 0 Å². The van der Waals surface area contributed by atoms with Crippen molar-refractivity contribution in [3.63, 3.8) is 0 Å². The van der Waals surface area contributed by atoms with Gasteiger partial charge in [0.05, 0.1) is 4.92 Å². The smallest absolute Gasteiger partial charge is 0.326 e. The molecule has 1 aromatic heterocycles. The summed E-state index contributed by atoms with van der Waals surface area (Å²) in [5.41, 5.74) is -0.666. The standard InChI is InChI=1S/C13H16BrN3O4/c1-13(2)4-3-5-16(10(13)12(18)19)11-9(17(20)21)6-8(14)7-15-11/h6-7,10H,3-5H2,1-2H3,(H,18,19). The third-order valence-corrected chi connectivity index (χ3v) is 4.22. The molecule has 1 aliphatic heterocycles. The monoisotopic (exact) mass is 357 g/mol. The highest BCUT2D eigenvalue weighted by Crippen LogP contribution is 2.40. The lowest BCUT2D eigenvalue weighted by molar-refractivity contribution is -0.384. The number of nitro groups is 1. The molecule has 0 aliphatic carbocycles. The molecule has 1 fully saturated rings. The van der Waals surface area contributed by atoms with Crippen LogP contribution in [0, 0.1) is 15.5 Å². The van der Waals surface area contributed by atoms with Crippen molar-refractivity contribution in [3.8, 4) is 0 Å². The van der Waals surface area contributed by atoms with Crippen LogP contribution in [0.4, 0.5) is 11.5 Å². The van der Waals surface area contributed by atoms with Gasteiger partial charge >= 0.3 is 11.7 Å². The highest BCUT2D eigenvalue weighted by atomic mass is 79.9. The van der Waals surface area contributed by atoms with Gasteiger partial charge < -0.3 is 10.0 Å². The normalized spacial score (nSPS) is 21.1. The van der Waals surface area contributed by atoms with Crippen LogP contribution in [0.1, 0.15) is 26.7 Å². The van der Waals surface area contributed by atoms with E-state index in [-0.39, 0.29) is 11.5 Å². The predicted molar refractivity (Wildman–Crippen MR) is 80.4 cm³/mol. The van der Waals surface area contributed by atoms with Gasteiger partial charge in [0.1, 0.15) is 6.04 Å². The lowest BCUT2D eigenvalue weighted by Crippen LogP contribution is -2.54. The Kier molecular flexibility index (Phi) is 4.18. The van der Waals surface area contributed by atoms with Crippen LogP contribution in [-0.4, -0.2) is 33.6 Å². The quantitative estimate of drug-likeness (QED) is 0.659. The molecule has 21 heavy (non-hydrogen) atoms. The third-order valence-electron chi connectivity index (χ3n) is 3.79. The SMILES string of the molecule is CC1(C)CCCN(c2ncc(Br)cc2[N+](=O)[O-])C1C(=O)O. The van der Waals surface area contributed by atoms with E-state index >= 15 is 0 Å². The number of carboxylic acids is 1. The van der Waals surface area contributed by atoms with Crippen LogP contribution in [0.5, 0.6) is 0 Å². The number of hydrogen-bond acceptors (Lipinski definition) is 5. The zero-order chi connectivity index (χ0) is 15.8. The number of carbonyl (C=O) groups is 1. The molecule has 0 spiro atoms. The minimum absolute atomic E-state index is 0.114. The summed E-state index contributed by atoms with van der Waals surface area (Å²) < 4.78 is 0.487. The van der Waals surface area contributed by atoms with Gasteiger partial charge in [0.15, 0.2) is 0 Å². The molecular weight excluding hydrogens is 342 g/mol. The molecular formula is C13H16BrN3O4. The largest absolute Gasteiger partial charge is 0.480 e. The van der Waals surface area contributed by atoms with E-state index in [4.69, 9.17) is 0 Å². The molecule has 1 saturated heterocycles. The van der Waals surface area contributed by atoms with Crippen molar-refractivity contribution in [3.05, 3.63) is 26.9 Å². The third kappa shape index (κ3) is 2.99. The molecule has 0 aromatic carbocycles. The van der Waals surface area contributed by atoms with Gasteiger partial charge in [-0.05, 0) is 34.2 Å². The molecule has 0 radical (unpaired) electrons. The average molecular weight is 358 g/mol. The molecule has 0 saturated carbocycles. The second kappa shape index (κ2) is 5.59.